The van der Waals surface area contributed by atoms with Crippen LogP contribution in [0, 0.1) is 0 Å². The van der Waals surface area contributed by atoms with Crippen LogP contribution in [0.4, 0.5) is 5.69 Å². The zero-order valence-corrected chi connectivity index (χ0v) is 15.9. The number of rotatable bonds is 7. The van der Waals surface area contributed by atoms with Gasteiger partial charge in [0.2, 0.25) is 0 Å². The molecule has 0 saturated carbocycles. The number of thiocarbonyl (C=S) groups is 1. The van der Waals surface area contributed by atoms with Gasteiger partial charge in [-0.3, -0.25) is 0 Å². The number of hydrogen-bond acceptors (Lipinski definition) is 4. The van der Waals surface area contributed by atoms with E-state index in [-0.39, 0.29) is 5.97 Å². The Bertz CT molecular complexity index is 557. The van der Waals surface area contributed by atoms with Crippen LogP contribution in [0.25, 0.3) is 0 Å². The lowest BCUT2D eigenvalue weighted by Gasteiger charge is -2.19. The van der Waals surface area contributed by atoms with Crippen LogP contribution in [0.15, 0.2) is 24.3 Å². The second-order valence-electron chi connectivity index (χ2n) is 6.29. The molecule has 1 aliphatic heterocycles. The fourth-order valence-electron chi connectivity index (χ4n) is 2.98. The zero-order valence-electron chi connectivity index (χ0n) is 15.1. The molecule has 25 heavy (non-hydrogen) atoms. The first kappa shape index (κ1) is 19.7. The number of carbonyl (C=O) groups excluding carboxylic acids is 1. The third kappa shape index (κ3) is 7.40. The number of anilines is 1. The highest BCUT2D eigenvalue weighted by atomic mass is 32.1. The van der Waals surface area contributed by atoms with E-state index in [1.807, 2.05) is 12.1 Å². The number of likely N-dealkylation sites (tertiary alicyclic amines) is 1. The molecule has 138 valence electrons. The number of benzene rings is 1. The van der Waals surface area contributed by atoms with Crippen molar-refractivity contribution in [1.29, 1.82) is 0 Å². The Labute approximate surface area is 156 Å². The molecule has 1 aromatic carbocycles. The van der Waals surface area contributed by atoms with Crippen molar-refractivity contribution in [2.24, 2.45) is 0 Å². The second kappa shape index (κ2) is 11.1. The molecule has 1 aromatic rings. The lowest BCUT2D eigenvalue weighted by Crippen LogP contribution is -2.32. The van der Waals surface area contributed by atoms with Crippen LogP contribution in [0.2, 0.25) is 0 Å². The molecule has 5 nitrogen and oxygen atoms in total. The van der Waals surface area contributed by atoms with Crippen molar-refractivity contribution in [1.82, 2.24) is 10.2 Å². The van der Waals surface area contributed by atoms with Gasteiger partial charge in [0.1, 0.15) is 0 Å². The summed E-state index contributed by atoms with van der Waals surface area (Å²) in [4.78, 5) is 14.3. The summed E-state index contributed by atoms with van der Waals surface area (Å²) in [7, 11) is 0. The Hall–Kier alpha value is -1.66. The first-order chi connectivity index (χ1) is 12.2. The van der Waals surface area contributed by atoms with Crippen molar-refractivity contribution in [2.45, 2.75) is 39.0 Å². The minimum atomic E-state index is -0.317. The van der Waals surface area contributed by atoms with Crippen LogP contribution < -0.4 is 10.6 Å². The van der Waals surface area contributed by atoms with E-state index in [4.69, 9.17) is 17.0 Å². The summed E-state index contributed by atoms with van der Waals surface area (Å²) in [6.07, 6.45) is 6.46. The van der Waals surface area contributed by atoms with E-state index in [0.29, 0.717) is 17.3 Å². The van der Waals surface area contributed by atoms with Crippen molar-refractivity contribution in [3.8, 4) is 0 Å². The summed E-state index contributed by atoms with van der Waals surface area (Å²) < 4.78 is 5.01. The number of carbonyl (C=O) groups is 1. The van der Waals surface area contributed by atoms with E-state index in [0.717, 1.165) is 25.2 Å². The SMILES string of the molecule is CCOC(=O)c1cccc(NC(=S)NCCCN2CCCCCC2)c1. The van der Waals surface area contributed by atoms with Gasteiger partial charge in [-0.2, -0.15) is 0 Å². The van der Waals surface area contributed by atoms with Crippen LogP contribution in [0.1, 0.15) is 49.4 Å². The summed E-state index contributed by atoms with van der Waals surface area (Å²) in [5, 5.41) is 6.94. The highest BCUT2D eigenvalue weighted by Crippen LogP contribution is 2.12. The lowest BCUT2D eigenvalue weighted by atomic mass is 10.2. The molecule has 2 N–H and O–H groups in total. The fraction of sp³-hybridized carbons (Fsp3) is 0.579. The molecule has 0 radical (unpaired) electrons. The molecule has 2 rings (SSSR count). The molecule has 1 fully saturated rings. The minimum Gasteiger partial charge on any atom is -0.462 e. The number of nitrogens with one attached hydrogen (secondary N) is 2. The first-order valence-electron chi connectivity index (χ1n) is 9.23. The van der Waals surface area contributed by atoms with Gasteiger partial charge < -0.3 is 20.3 Å². The predicted molar refractivity (Wildman–Crippen MR) is 106 cm³/mol. The number of ether oxygens (including phenoxy) is 1. The van der Waals surface area contributed by atoms with Gasteiger partial charge in [-0.1, -0.05) is 18.9 Å². The van der Waals surface area contributed by atoms with E-state index >= 15 is 0 Å². The van der Waals surface area contributed by atoms with Crippen molar-refractivity contribution in [3.05, 3.63) is 29.8 Å². The molecule has 1 aliphatic rings. The average molecular weight is 364 g/mol. The van der Waals surface area contributed by atoms with Crippen LogP contribution >= 0.6 is 12.2 Å². The van der Waals surface area contributed by atoms with Crippen molar-refractivity contribution < 1.29 is 9.53 Å². The molecule has 0 unspecified atom stereocenters. The van der Waals surface area contributed by atoms with Gasteiger partial charge in [0, 0.05) is 12.2 Å². The Morgan fingerprint density at radius 3 is 2.72 bits per heavy atom. The lowest BCUT2D eigenvalue weighted by molar-refractivity contribution is 0.0526. The first-order valence-corrected chi connectivity index (χ1v) is 9.64. The average Bonchev–Trinajstić information content (AvgIpc) is 2.88. The van der Waals surface area contributed by atoms with Crippen LogP contribution in [0.5, 0.6) is 0 Å². The molecule has 1 heterocycles. The van der Waals surface area contributed by atoms with Gasteiger partial charge >= 0.3 is 5.97 Å². The van der Waals surface area contributed by atoms with Crippen LogP contribution in [-0.2, 0) is 4.74 Å². The Morgan fingerprint density at radius 1 is 1.24 bits per heavy atom. The van der Waals surface area contributed by atoms with Crippen LogP contribution in [-0.4, -0.2) is 48.8 Å². The minimum absolute atomic E-state index is 0.317. The molecule has 1 saturated heterocycles. The van der Waals surface area contributed by atoms with Crippen LogP contribution in [0.3, 0.4) is 0 Å². The second-order valence-corrected chi connectivity index (χ2v) is 6.70. The standard InChI is InChI=1S/C19H29N3O2S/c1-2-24-18(23)16-9-7-10-17(15-16)21-19(25)20-11-8-14-22-12-5-3-4-6-13-22/h7,9-10,15H,2-6,8,11-14H2,1H3,(H2,20,21,25). The number of nitrogens with zero attached hydrogens (tertiary/aromatic N) is 1. The Kier molecular flexibility index (Phi) is 8.69. The third-order valence-electron chi connectivity index (χ3n) is 4.27. The van der Waals surface area contributed by atoms with Gasteiger partial charge in [-0.25, -0.2) is 4.79 Å². The van der Waals surface area contributed by atoms with E-state index in [1.165, 1.54) is 38.8 Å². The summed E-state index contributed by atoms with van der Waals surface area (Å²) in [5.74, 6) is -0.317. The maximum Gasteiger partial charge on any atom is 0.338 e. The van der Waals surface area contributed by atoms with Gasteiger partial charge in [0.15, 0.2) is 5.11 Å². The molecule has 0 aliphatic carbocycles. The molecule has 6 heteroatoms. The summed E-state index contributed by atoms with van der Waals surface area (Å²) in [5.41, 5.74) is 1.31. The van der Waals surface area contributed by atoms with E-state index in [1.54, 1.807) is 19.1 Å². The maximum absolute atomic E-state index is 11.8. The van der Waals surface area contributed by atoms with E-state index in [2.05, 4.69) is 15.5 Å². The van der Waals surface area contributed by atoms with Gasteiger partial charge in [0.05, 0.1) is 12.2 Å². The topological polar surface area (TPSA) is 53.6 Å². The molecule has 0 amide bonds. The zero-order chi connectivity index (χ0) is 17.9. The summed E-state index contributed by atoms with van der Waals surface area (Å²) in [6.45, 7) is 6.58. The van der Waals surface area contributed by atoms with E-state index in [9.17, 15) is 4.79 Å². The summed E-state index contributed by atoms with van der Waals surface area (Å²) in [6, 6.07) is 7.19. The molecule has 0 spiro atoms. The Balaban J connectivity index is 1.69. The number of esters is 1. The predicted octanol–water partition coefficient (Wildman–Crippen LogP) is 3.42. The quantitative estimate of drug-likeness (QED) is 0.440. The van der Waals surface area contributed by atoms with Gasteiger partial charge in [-0.15, -0.1) is 0 Å². The highest BCUT2D eigenvalue weighted by Gasteiger charge is 2.09. The molecule has 0 bridgehead atoms. The molecule has 0 atom stereocenters. The monoisotopic (exact) mass is 363 g/mol. The van der Waals surface area contributed by atoms with Crippen molar-refractivity contribution in [3.63, 3.8) is 0 Å². The van der Waals surface area contributed by atoms with Crippen molar-refractivity contribution in [2.75, 3.05) is 38.1 Å². The van der Waals surface area contributed by atoms with Gasteiger partial charge in [0.25, 0.3) is 0 Å². The van der Waals surface area contributed by atoms with E-state index < -0.39 is 0 Å². The number of hydrogen-bond donors (Lipinski definition) is 2. The molecular formula is C19H29N3O2S. The molecule has 0 aromatic heterocycles. The summed E-state index contributed by atoms with van der Waals surface area (Å²) >= 11 is 5.34. The third-order valence-corrected chi connectivity index (χ3v) is 4.51. The van der Waals surface area contributed by atoms with Gasteiger partial charge in [-0.05, 0) is 76.2 Å². The maximum atomic E-state index is 11.8. The fourth-order valence-corrected chi connectivity index (χ4v) is 3.20. The Morgan fingerprint density at radius 2 is 2.00 bits per heavy atom. The van der Waals surface area contributed by atoms with Crippen molar-refractivity contribution >= 4 is 29.0 Å². The largest absolute Gasteiger partial charge is 0.462 e. The normalized spacial score (nSPS) is 15.2. The smallest absolute Gasteiger partial charge is 0.338 e. The highest BCUT2D eigenvalue weighted by molar-refractivity contribution is 7.80. The molecular weight excluding hydrogens is 334 g/mol.